The fourth-order valence-corrected chi connectivity index (χ4v) is 3.47. The predicted octanol–water partition coefficient (Wildman–Crippen LogP) is 1.33. The van der Waals surface area contributed by atoms with Crippen LogP contribution in [0, 0.1) is 5.92 Å². The van der Waals surface area contributed by atoms with Crippen LogP contribution >= 0.6 is 12.6 Å². The van der Waals surface area contributed by atoms with E-state index in [1.54, 1.807) is 0 Å². The highest BCUT2D eigenvalue weighted by Gasteiger charge is 2.37. The molecule has 0 spiro atoms. The zero-order chi connectivity index (χ0) is 10.1. The molecule has 0 saturated carbocycles. The minimum Gasteiger partial charge on any atom is -0.306 e. The average molecular weight is 214 g/mol. The second-order valence-corrected chi connectivity index (χ2v) is 5.59. The molecule has 0 aromatic rings. The summed E-state index contributed by atoms with van der Waals surface area (Å²) in [5, 5.41) is 0.617. The molecular formula is C11H22N2S. The van der Waals surface area contributed by atoms with Gasteiger partial charge in [-0.1, -0.05) is 6.92 Å². The molecule has 2 rings (SSSR count). The first-order valence-corrected chi connectivity index (χ1v) is 6.33. The third kappa shape index (κ3) is 2.10. The molecular weight excluding hydrogens is 192 g/mol. The summed E-state index contributed by atoms with van der Waals surface area (Å²) in [6.45, 7) is 7.25. The summed E-state index contributed by atoms with van der Waals surface area (Å²) in [5.41, 5.74) is 0. The summed E-state index contributed by atoms with van der Waals surface area (Å²) in [6, 6.07) is 0.812. The lowest BCUT2D eigenvalue weighted by molar-refractivity contribution is 0.199. The number of rotatable bonds is 2. The molecule has 0 radical (unpaired) electrons. The van der Waals surface area contributed by atoms with Gasteiger partial charge in [-0.3, -0.25) is 4.90 Å². The highest BCUT2D eigenvalue weighted by Crippen LogP contribution is 2.31. The molecule has 2 saturated heterocycles. The van der Waals surface area contributed by atoms with Crippen LogP contribution in [-0.2, 0) is 0 Å². The van der Waals surface area contributed by atoms with E-state index in [-0.39, 0.29) is 0 Å². The van der Waals surface area contributed by atoms with Crippen molar-refractivity contribution in [1.29, 1.82) is 0 Å². The minimum atomic E-state index is 0.617. The maximum absolute atomic E-state index is 4.62. The van der Waals surface area contributed by atoms with Crippen LogP contribution in [0.3, 0.4) is 0 Å². The van der Waals surface area contributed by atoms with Crippen molar-refractivity contribution >= 4 is 12.6 Å². The molecule has 0 aromatic heterocycles. The number of likely N-dealkylation sites (tertiary alicyclic amines) is 2. The lowest BCUT2D eigenvalue weighted by atomic mass is 9.97. The standard InChI is InChI=1S/C11H22N2S/c1-3-13-8-10(14)6-11(13)9-4-5-12(2)7-9/h9-11,14H,3-8H2,1-2H3/t9?,10-,11-/m0/s1. The first-order valence-electron chi connectivity index (χ1n) is 5.81. The van der Waals surface area contributed by atoms with Gasteiger partial charge in [0.15, 0.2) is 0 Å². The monoisotopic (exact) mass is 214 g/mol. The normalized spacial score (nSPS) is 40.9. The highest BCUT2D eigenvalue weighted by atomic mass is 32.1. The first kappa shape index (κ1) is 10.8. The van der Waals surface area contributed by atoms with Gasteiger partial charge in [0.1, 0.15) is 0 Å². The van der Waals surface area contributed by atoms with Crippen LogP contribution in [0.4, 0.5) is 0 Å². The topological polar surface area (TPSA) is 6.48 Å². The molecule has 0 bridgehead atoms. The van der Waals surface area contributed by atoms with Gasteiger partial charge in [-0.15, -0.1) is 0 Å². The molecule has 14 heavy (non-hydrogen) atoms. The summed E-state index contributed by atoms with van der Waals surface area (Å²) < 4.78 is 0. The summed E-state index contributed by atoms with van der Waals surface area (Å²) in [7, 11) is 2.24. The summed E-state index contributed by atoms with van der Waals surface area (Å²) in [4.78, 5) is 5.09. The molecule has 2 nitrogen and oxygen atoms in total. The second kappa shape index (κ2) is 4.42. The van der Waals surface area contributed by atoms with Crippen molar-refractivity contribution in [1.82, 2.24) is 9.80 Å². The lowest BCUT2D eigenvalue weighted by Crippen LogP contribution is -2.36. The van der Waals surface area contributed by atoms with Crippen LogP contribution in [-0.4, -0.2) is 54.3 Å². The van der Waals surface area contributed by atoms with Gasteiger partial charge in [-0.05, 0) is 38.9 Å². The molecule has 2 fully saturated rings. The molecule has 3 atom stereocenters. The Hall–Kier alpha value is 0.270. The summed E-state index contributed by atoms with van der Waals surface area (Å²) in [5.74, 6) is 0.900. The smallest absolute Gasteiger partial charge is 0.0159 e. The van der Waals surface area contributed by atoms with E-state index >= 15 is 0 Å². The van der Waals surface area contributed by atoms with Crippen molar-refractivity contribution in [2.45, 2.75) is 31.1 Å². The number of thiol groups is 1. The van der Waals surface area contributed by atoms with Crippen LogP contribution in [0.5, 0.6) is 0 Å². The third-order valence-corrected chi connectivity index (χ3v) is 4.18. The van der Waals surface area contributed by atoms with Crippen LogP contribution in [0.25, 0.3) is 0 Å². The Morgan fingerprint density at radius 1 is 1.36 bits per heavy atom. The fourth-order valence-electron chi connectivity index (χ4n) is 3.05. The molecule has 1 unspecified atom stereocenters. The average Bonchev–Trinajstić information content (AvgIpc) is 2.71. The van der Waals surface area contributed by atoms with Gasteiger partial charge >= 0.3 is 0 Å². The van der Waals surface area contributed by atoms with Gasteiger partial charge in [-0.25, -0.2) is 0 Å². The van der Waals surface area contributed by atoms with Crippen LogP contribution in [0.15, 0.2) is 0 Å². The Bertz CT molecular complexity index is 198. The zero-order valence-electron chi connectivity index (χ0n) is 9.32. The number of hydrogen-bond acceptors (Lipinski definition) is 3. The van der Waals surface area contributed by atoms with E-state index < -0.39 is 0 Å². The fraction of sp³-hybridized carbons (Fsp3) is 1.00. The van der Waals surface area contributed by atoms with Crippen molar-refractivity contribution in [3.05, 3.63) is 0 Å². The van der Waals surface area contributed by atoms with Crippen molar-refractivity contribution in [2.75, 3.05) is 33.2 Å². The Morgan fingerprint density at radius 3 is 2.71 bits per heavy atom. The molecule has 3 heteroatoms. The lowest BCUT2D eigenvalue weighted by Gasteiger charge is -2.27. The van der Waals surface area contributed by atoms with Crippen molar-refractivity contribution in [2.24, 2.45) is 5.92 Å². The van der Waals surface area contributed by atoms with E-state index in [0.29, 0.717) is 5.25 Å². The van der Waals surface area contributed by atoms with Crippen LogP contribution in [0.2, 0.25) is 0 Å². The Balaban J connectivity index is 1.95. The number of hydrogen-bond donors (Lipinski definition) is 1. The van der Waals surface area contributed by atoms with Crippen LogP contribution in [0.1, 0.15) is 19.8 Å². The zero-order valence-corrected chi connectivity index (χ0v) is 10.2. The van der Waals surface area contributed by atoms with Gasteiger partial charge in [0.2, 0.25) is 0 Å². The van der Waals surface area contributed by atoms with E-state index in [2.05, 4.69) is 36.4 Å². The van der Waals surface area contributed by atoms with Crippen molar-refractivity contribution in [3.63, 3.8) is 0 Å². The Kier molecular flexibility index (Phi) is 3.40. The quantitative estimate of drug-likeness (QED) is 0.693. The largest absolute Gasteiger partial charge is 0.306 e. The van der Waals surface area contributed by atoms with Crippen LogP contribution < -0.4 is 0 Å². The first-order chi connectivity index (χ1) is 6.70. The molecule has 0 aromatic carbocycles. The predicted molar refractivity (Wildman–Crippen MR) is 64.0 cm³/mol. The van der Waals surface area contributed by atoms with E-state index in [0.717, 1.165) is 12.0 Å². The van der Waals surface area contributed by atoms with E-state index in [1.165, 1.54) is 39.0 Å². The Labute approximate surface area is 93.1 Å². The SMILES string of the molecule is CCN1C[C@@H](S)C[C@H]1C1CCN(C)C1. The molecule has 2 heterocycles. The van der Waals surface area contributed by atoms with Crippen molar-refractivity contribution < 1.29 is 0 Å². The summed E-state index contributed by atoms with van der Waals surface area (Å²) >= 11 is 4.62. The molecule has 2 aliphatic heterocycles. The molecule has 0 N–H and O–H groups in total. The Morgan fingerprint density at radius 2 is 2.14 bits per heavy atom. The molecule has 0 aliphatic carbocycles. The molecule has 2 aliphatic rings. The van der Waals surface area contributed by atoms with E-state index in [4.69, 9.17) is 0 Å². The van der Waals surface area contributed by atoms with Gasteiger partial charge in [0, 0.05) is 24.4 Å². The maximum Gasteiger partial charge on any atom is 0.0159 e. The maximum atomic E-state index is 4.62. The summed E-state index contributed by atoms with van der Waals surface area (Å²) in [6.07, 6.45) is 2.69. The van der Waals surface area contributed by atoms with Gasteiger partial charge in [0.25, 0.3) is 0 Å². The van der Waals surface area contributed by atoms with Crippen molar-refractivity contribution in [3.8, 4) is 0 Å². The molecule has 82 valence electrons. The third-order valence-electron chi connectivity index (χ3n) is 3.81. The molecule has 0 amide bonds. The highest BCUT2D eigenvalue weighted by molar-refractivity contribution is 7.81. The van der Waals surface area contributed by atoms with E-state index in [1.807, 2.05) is 0 Å². The van der Waals surface area contributed by atoms with Gasteiger partial charge in [0.05, 0.1) is 0 Å². The van der Waals surface area contributed by atoms with E-state index in [9.17, 15) is 0 Å². The number of nitrogens with zero attached hydrogens (tertiary/aromatic N) is 2. The van der Waals surface area contributed by atoms with Gasteiger partial charge in [-0.2, -0.15) is 12.6 Å². The van der Waals surface area contributed by atoms with Gasteiger partial charge < -0.3 is 4.90 Å². The minimum absolute atomic E-state index is 0.617. The second-order valence-electron chi connectivity index (χ2n) is 4.86.